The van der Waals surface area contributed by atoms with Gasteiger partial charge in [0.1, 0.15) is 7.14 Å². The molecule has 3 heteroatoms. The highest BCUT2D eigenvalue weighted by Gasteiger charge is 2.31. The number of rotatable bonds is 5. The molecule has 30 heavy (non-hydrogen) atoms. The lowest BCUT2D eigenvalue weighted by Gasteiger charge is -2.24. The van der Waals surface area contributed by atoms with Gasteiger partial charge in [-0.2, -0.15) is 0 Å². The Morgan fingerprint density at radius 1 is 0.767 bits per heavy atom. The van der Waals surface area contributed by atoms with E-state index in [1.807, 2.05) is 24.4 Å². The summed E-state index contributed by atoms with van der Waals surface area (Å²) in [7, 11) is -2.85. The third kappa shape index (κ3) is 3.85. The zero-order valence-corrected chi connectivity index (χ0v) is 19.0. The standard InChI is InChI=1S/C27H28NOP/c1-19-16-21(3)27(22(4)17-19)30(29,15-13-26-20(2)8-7-14-28-26)25-12-11-23-9-5-6-10-24(23)18-25/h5-12,14,16-18H,13,15H2,1-4H3/t30-/m1/s1. The van der Waals surface area contributed by atoms with Crippen molar-refractivity contribution < 1.29 is 4.57 Å². The fourth-order valence-electron chi connectivity index (χ4n) is 4.56. The summed E-state index contributed by atoms with van der Waals surface area (Å²) in [5.74, 6) is 0. The van der Waals surface area contributed by atoms with Crippen molar-refractivity contribution in [3.05, 3.63) is 101 Å². The van der Waals surface area contributed by atoms with E-state index in [9.17, 15) is 4.57 Å². The second-order valence-corrected chi connectivity index (χ2v) is 11.1. The molecule has 1 aromatic heterocycles. The van der Waals surface area contributed by atoms with Gasteiger partial charge in [-0.05, 0) is 73.7 Å². The van der Waals surface area contributed by atoms with Crippen molar-refractivity contribution >= 4 is 28.5 Å². The van der Waals surface area contributed by atoms with Crippen molar-refractivity contribution in [2.45, 2.75) is 34.1 Å². The first-order valence-electron chi connectivity index (χ1n) is 10.5. The first kappa shape index (κ1) is 20.6. The highest BCUT2D eigenvalue weighted by atomic mass is 31.2. The highest BCUT2D eigenvalue weighted by Crippen LogP contribution is 2.46. The second kappa shape index (κ2) is 8.20. The van der Waals surface area contributed by atoms with E-state index in [4.69, 9.17) is 0 Å². The van der Waals surface area contributed by atoms with Gasteiger partial charge in [0.2, 0.25) is 0 Å². The minimum atomic E-state index is -2.85. The molecule has 0 saturated carbocycles. The molecule has 4 rings (SSSR count). The number of aromatic nitrogens is 1. The number of pyridine rings is 1. The van der Waals surface area contributed by atoms with E-state index in [0.717, 1.165) is 38.4 Å². The Kier molecular flexibility index (Phi) is 5.62. The minimum Gasteiger partial charge on any atom is -0.314 e. The Morgan fingerprint density at radius 2 is 1.47 bits per heavy atom. The van der Waals surface area contributed by atoms with Crippen LogP contribution in [-0.2, 0) is 11.0 Å². The van der Waals surface area contributed by atoms with E-state index in [-0.39, 0.29) is 0 Å². The SMILES string of the molecule is Cc1cc(C)c([P@@](=O)(CCc2ncccc2C)c2ccc3ccccc3c2)c(C)c1. The maximum Gasteiger partial charge on any atom is 0.144 e. The van der Waals surface area contributed by atoms with Crippen molar-refractivity contribution in [2.75, 3.05) is 6.16 Å². The zero-order chi connectivity index (χ0) is 21.3. The van der Waals surface area contributed by atoms with Gasteiger partial charge >= 0.3 is 0 Å². The predicted octanol–water partition coefficient (Wildman–Crippen LogP) is 6.03. The van der Waals surface area contributed by atoms with Gasteiger partial charge in [-0.15, -0.1) is 0 Å². The molecule has 0 bridgehead atoms. The Labute approximate surface area is 179 Å². The van der Waals surface area contributed by atoms with Crippen LogP contribution in [0.2, 0.25) is 0 Å². The fourth-order valence-corrected chi connectivity index (χ4v) is 7.76. The van der Waals surface area contributed by atoms with Crippen LogP contribution in [0.1, 0.15) is 27.9 Å². The summed E-state index contributed by atoms with van der Waals surface area (Å²) in [5.41, 5.74) is 5.61. The lowest BCUT2D eigenvalue weighted by molar-refractivity contribution is 0.586. The van der Waals surface area contributed by atoms with E-state index in [0.29, 0.717) is 12.6 Å². The van der Waals surface area contributed by atoms with Crippen molar-refractivity contribution in [3.8, 4) is 0 Å². The van der Waals surface area contributed by atoms with Gasteiger partial charge in [-0.25, -0.2) is 0 Å². The Hall–Kier alpha value is -2.70. The molecule has 0 radical (unpaired) electrons. The number of hydrogen-bond donors (Lipinski definition) is 0. The van der Waals surface area contributed by atoms with Crippen LogP contribution >= 0.6 is 7.14 Å². The molecule has 1 heterocycles. The summed E-state index contributed by atoms with van der Waals surface area (Å²) in [5, 5.41) is 4.25. The second-order valence-electron chi connectivity index (χ2n) is 8.26. The first-order chi connectivity index (χ1) is 14.4. The van der Waals surface area contributed by atoms with Crippen molar-refractivity contribution in [1.82, 2.24) is 4.98 Å². The van der Waals surface area contributed by atoms with Crippen molar-refractivity contribution in [3.63, 3.8) is 0 Å². The summed E-state index contributed by atoms with van der Waals surface area (Å²) in [6.07, 6.45) is 3.10. The molecular weight excluding hydrogens is 385 g/mol. The molecule has 0 fully saturated rings. The Morgan fingerprint density at radius 3 is 2.17 bits per heavy atom. The molecule has 0 aliphatic carbocycles. The van der Waals surface area contributed by atoms with Gasteiger partial charge in [0.25, 0.3) is 0 Å². The minimum absolute atomic E-state index is 0.577. The smallest absolute Gasteiger partial charge is 0.144 e. The van der Waals surface area contributed by atoms with Crippen molar-refractivity contribution in [1.29, 1.82) is 0 Å². The average molecular weight is 414 g/mol. The molecule has 0 aliphatic rings. The molecule has 0 amide bonds. The summed E-state index contributed by atoms with van der Waals surface area (Å²) < 4.78 is 14.9. The molecule has 0 N–H and O–H groups in total. The van der Waals surface area contributed by atoms with Crippen LogP contribution in [0.5, 0.6) is 0 Å². The molecule has 4 aromatic rings. The molecule has 0 saturated heterocycles. The fraction of sp³-hybridized carbons (Fsp3) is 0.222. The summed E-state index contributed by atoms with van der Waals surface area (Å²) in [6, 6.07) is 22.9. The van der Waals surface area contributed by atoms with Gasteiger partial charge in [-0.3, -0.25) is 4.98 Å². The molecule has 0 aliphatic heterocycles. The maximum atomic E-state index is 14.9. The predicted molar refractivity (Wildman–Crippen MR) is 129 cm³/mol. The molecule has 0 unspecified atom stereocenters. The van der Waals surface area contributed by atoms with E-state index < -0.39 is 7.14 Å². The lowest BCUT2D eigenvalue weighted by atomic mass is 10.1. The summed E-state index contributed by atoms with van der Waals surface area (Å²) in [4.78, 5) is 4.56. The maximum absolute atomic E-state index is 14.9. The Balaban J connectivity index is 1.88. The molecule has 1 atom stereocenters. The third-order valence-corrected chi connectivity index (χ3v) is 9.32. The topological polar surface area (TPSA) is 30.0 Å². The van der Waals surface area contributed by atoms with Crippen LogP contribution in [0.15, 0.2) is 72.9 Å². The molecule has 2 nitrogen and oxygen atoms in total. The van der Waals surface area contributed by atoms with Crippen LogP contribution in [0.25, 0.3) is 10.8 Å². The first-order valence-corrected chi connectivity index (χ1v) is 12.3. The van der Waals surface area contributed by atoms with Crippen LogP contribution in [0.4, 0.5) is 0 Å². The quantitative estimate of drug-likeness (QED) is 0.374. The van der Waals surface area contributed by atoms with E-state index in [2.05, 4.69) is 81.2 Å². The average Bonchev–Trinajstić information content (AvgIpc) is 2.72. The Bertz CT molecular complexity index is 1250. The van der Waals surface area contributed by atoms with Crippen LogP contribution in [-0.4, -0.2) is 11.1 Å². The summed E-state index contributed by atoms with van der Waals surface area (Å²) in [6.45, 7) is 8.36. The highest BCUT2D eigenvalue weighted by molar-refractivity contribution is 7.78. The van der Waals surface area contributed by atoms with Crippen molar-refractivity contribution in [2.24, 2.45) is 0 Å². The molecule has 152 valence electrons. The van der Waals surface area contributed by atoms with E-state index >= 15 is 0 Å². The number of aryl methyl sites for hydroxylation is 5. The molecule has 0 spiro atoms. The van der Waals surface area contributed by atoms with Gasteiger partial charge in [-0.1, -0.05) is 60.2 Å². The van der Waals surface area contributed by atoms with E-state index in [1.54, 1.807) is 0 Å². The van der Waals surface area contributed by atoms with E-state index in [1.165, 1.54) is 10.9 Å². The van der Waals surface area contributed by atoms with Gasteiger partial charge in [0.05, 0.1) is 0 Å². The summed E-state index contributed by atoms with van der Waals surface area (Å²) >= 11 is 0. The third-order valence-electron chi connectivity index (χ3n) is 5.93. The molecular formula is C27H28NOP. The zero-order valence-electron chi connectivity index (χ0n) is 18.1. The molecule has 3 aromatic carbocycles. The number of fused-ring (bicyclic) bond motifs is 1. The normalized spacial score (nSPS) is 13.3. The van der Waals surface area contributed by atoms with Crippen LogP contribution in [0.3, 0.4) is 0 Å². The van der Waals surface area contributed by atoms with Crippen LogP contribution < -0.4 is 10.6 Å². The monoisotopic (exact) mass is 413 g/mol. The van der Waals surface area contributed by atoms with Crippen LogP contribution in [0, 0.1) is 27.7 Å². The van der Waals surface area contributed by atoms with Gasteiger partial charge in [0.15, 0.2) is 0 Å². The number of hydrogen-bond acceptors (Lipinski definition) is 2. The van der Waals surface area contributed by atoms with Gasteiger partial charge < -0.3 is 4.57 Å². The van der Waals surface area contributed by atoms with Gasteiger partial charge in [0, 0.05) is 28.7 Å². The number of benzene rings is 3. The number of nitrogens with zero attached hydrogens (tertiary/aromatic N) is 1. The largest absolute Gasteiger partial charge is 0.314 e. The lowest BCUT2D eigenvalue weighted by Crippen LogP contribution is -2.24.